The summed E-state index contributed by atoms with van der Waals surface area (Å²) in [6, 6.07) is 3.37. The molecule has 1 saturated heterocycles. The first-order valence-electron chi connectivity index (χ1n) is 11.7. The summed E-state index contributed by atoms with van der Waals surface area (Å²) in [5, 5.41) is 8.47. The van der Waals surface area contributed by atoms with Gasteiger partial charge in [-0.25, -0.2) is 13.2 Å². The van der Waals surface area contributed by atoms with Crippen molar-refractivity contribution in [1.82, 2.24) is 14.5 Å². The topological polar surface area (TPSA) is 130 Å². The number of rotatable bonds is 7. The summed E-state index contributed by atoms with van der Waals surface area (Å²) in [7, 11) is -3.80. The second kappa shape index (κ2) is 10.6. The van der Waals surface area contributed by atoms with Crippen LogP contribution in [-0.4, -0.2) is 52.3 Å². The number of carboxylic acids is 1. The van der Waals surface area contributed by atoms with Crippen molar-refractivity contribution < 1.29 is 31.5 Å². The van der Waals surface area contributed by atoms with Gasteiger partial charge in [-0.3, -0.25) is 19.1 Å². The van der Waals surface area contributed by atoms with Crippen LogP contribution in [0.5, 0.6) is 0 Å². The number of nitrogens with zero attached hydrogens (tertiary/aromatic N) is 2. The first kappa shape index (κ1) is 29.1. The quantitative estimate of drug-likeness (QED) is 0.416. The normalized spacial score (nSPS) is 16.7. The molecular formula is C24H22Cl2F3N3O6S. The minimum absolute atomic E-state index is 0.00353. The number of nitrogens with one attached hydrogen (secondary N) is 1. The molecular weight excluding hydrogens is 586 g/mol. The fraction of sp³-hybridized carbons (Fsp3) is 0.375. The molecule has 0 bridgehead atoms. The molecule has 9 nitrogen and oxygen atoms in total. The zero-order valence-corrected chi connectivity index (χ0v) is 22.6. The molecule has 2 aromatic carbocycles. The molecule has 0 saturated carbocycles. The van der Waals surface area contributed by atoms with Gasteiger partial charge < -0.3 is 10.1 Å². The highest BCUT2D eigenvalue weighted by molar-refractivity contribution is 7.91. The summed E-state index contributed by atoms with van der Waals surface area (Å²) >= 11 is 12.4. The first-order valence-corrected chi connectivity index (χ1v) is 14.1. The van der Waals surface area contributed by atoms with Crippen molar-refractivity contribution in [1.29, 1.82) is 0 Å². The molecule has 1 unspecified atom stereocenters. The molecule has 39 heavy (non-hydrogen) atoms. The minimum atomic E-state index is -4.96. The maximum atomic E-state index is 14.2. The van der Waals surface area contributed by atoms with E-state index in [9.17, 15) is 41.1 Å². The Bertz CT molecular complexity index is 1700. The fourth-order valence-corrected chi connectivity index (χ4v) is 6.36. The van der Waals surface area contributed by atoms with Crippen LogP contribution in [0.2, 0.25) is 10.0 Å². The van der Waals surface area contributed by atoms with Gasteiger partial charge in [0, 0.05) is 11.6 Å². The number of carbonyl (C=O) groups is 1. The Balaban J connectivity index is 1.91. The molecule has 15 heteroatoms. The summed E-state index contributed by atoms with van der Waals surface area (Å²) in [4.78, 5) is 41.4. The number of aromatic amines is 1. The summed E-state index contributed by atoms with van der Waals surface area (Å²) < 4.78 is 68.1. The number of carboxylic acid groups (broad SMARTS) is 1. The van der Waals surface area contributed by atoms with Crippen LogP contribution in [0.3, 0.4) is 0 Å². The van der Waals surface area contributed by atoms with Crippen LogP contribution in [0.15, 0.2) is 38.8 Å². The van der Waals surface area contributed by atoms with Gasteiger partial charge in [-0.2, -0.15) is 13.2 Å². The zero-order valence-electron chi connectivity index (χ0n) is 20.3. The van der Waals surface area contributed by atoms with Gasteiger partial charge in [0.05, 0.1) is 38.7 Å². The van der Waals surface area contributed by atoms with Crippen molar-refractivity contribution in [2.24, 2.45) is 0 Å². The lowest BCUT2D eigenvalue weighted by Gasteiger charge is -2.24. The Morgan fingerprint density at radius 3 is 2.49 bits per heavy atom. The van der Waals surface area contributed by atoms with E-state index >= 15 is 0 Å². The molecule has 0 amide bonds. The van der Waals surface area contributed by atoms with Gasteiger partial charge in [-0.15, -0.1) is 0 Å². The van der Waals surface area contributed by atoms with Crippen molar-refractivity contribution in [3.05, 3.63) is 71.8 Å². The van der Waals surface area contributed by atoms with Crippen LogP contribution in [0, 0.1) is 0 Å². The van der Waals surface area contributed by atoms with Crippen molar-refractivity contribution in [3.63, 3.8) is 0 Å². The number of likely N-dealkylation sites (tertiary alicyclic amines) is 1. The highest BCUT2D eigenvalue weighted by Crippen LogP contribution is 2.39. The molecule has 1 aromatic heterocycles. The van der Waals surface area contributed by atoms with Gasteiger partial charge in [0.25, 0.3) is 5.56 Å². The lowest BCUT2D eigenvalue weighted by Crippen LogP contribution is -2.37. The van der Waals surface area contributed by atoms with Gasteiger partial charge in [0.15, 0.2) is 9.84 Å². The molecule has 1 aliphatic rings. The third-order valence-electron chi connectivity index (χ3n) is 6.70. The van der Waals surface area contributed by atoms with E-state index in [2.05, 4.69) is 4.98 Å². The van der Waals surface area contributed by atoms with Crippen LogP contribution in [-0.2, 0) is 33.9 Å². The molecule has 2 N–H and O–H groups in total. The predicted molar refractivity (Wildman–Crippen MR) is 138 cm³/mol. The average molecular weight is 608 g/mol. The number of aromatic nitrogens is 2. The monoisotopic (exact) mass is 607 g/mol. The highest BCUT2D eigenvalue weighted by atomic mass is 35.5. The summed E-state index contributed by atoms with van der Waals surface area (Å²) in [6.07, 6.45) is -4.25. The molecule has 0 radical (unpaired) electrons. The van der Waals surface area contributed by atoms with Gasteiger partial charge in [0.1, 0.15) is 6.04 Å². The highest BCUT2D eigenvalue weighted by Gasteiger charge is 2.38. The predicted octanol–water partition coefficient (Wildman–Crippen LogP) is 3.91. The van der Waals surface area contributed by atoms with Gasteiger partial charge in [0.2, 0.25) is 0 Å². The van der Waals surface area contributed by atoms with Crippen molar-refractivity contribution >= 4 is 49.9 Å². The number of benzene rings is 2. The Morgan fingerprint density at radius 1 is 1.18 bits per heavy atom. The molecule has 1 atom stereocenters. The van der Waals surface area contributed by atoms with Gasteiger partial charge >= 0.3 is 17.8 Å². The fourth-order valence-electron chi connectivity index (χ4n) is 4.74. The lowest BCUT2D eigenvalue weighted by molar-refractivity contribution is -0.142. The molecule has 1 aliphatic heterocycles. The van der Waals surface area contributed by atoms with E-state index in [-0.39, 0.29) is 39.7 Å². The molecule has 4 rings (SSSR count). The number of alkyl halides is 3. The van der Waals surface area contributed by atoms with E-state index in [0.29, 0.717) is 17.1 Å². The van der Waals surface area contributed by atoms with Gasteiger partial charge in [-0.1, -0.05) is 30.1 Å². The van der Waals surface area contributed by atoms with Crippen molar-refractivity contribution in [3.8, 4) is 0 Å². The Labute approximate surface area is 229 Å². The minimum Gasteiger partial charge on any atom is -0.480 e. The van der Waals surface area contributed by atoms with E-state index < -0.39 is 73.9 Å². The zero-order chi connectivity index (χ0) is 28.9. The average Bonchev–Trinajstić information content (AvgIpc) is 3.31. The second-order valence-electron chi connectivity index (χ2n) is 9.08. The first-order chi connectivity index (χ1) is 18.2. The number of hydrogen-bond acceptors (Lipinski definition) is 6. The van der Waals surface area contributed by atoms with Crippen LogP contribution in [0.4, 0.5) is 13.2 Å². The second-order valence-corrected chi connectivity index (χ2v) is 12.1. The lowest BCUT2D eigenvalue weighted by atomic mass is 10.0. The maximum absolute atomic E-state index is 14.2. The number of halogens is 5. The molecule has 0 spiro atoms. The Kier molecular flexibility index (Phi) is 7.92. The Hall–Kier alpha value is -2.87. The van der Waals surface area contributed by atoms with Crippen molar-refractivity contribution in [2.75, 3.05) is 12.3 Å². The number of aliphatic carboxylic acids is 1. The van der Waals surface area contributed by atoms with Gasteiger partial charge in [-0.05, 0) is 54.8 Å². The maximum Gasteiger partial charge on any atom is 0.416 e. The van der Waals surface area contributed by atoms with E-state index in [4.69, 9.17) is 23.2 Å². The van der Waals surface area contributed by atoms with Crippen LogP contribution < -0.4 is 11.2 Å². The largest absolute Gasteiger partial charge is 0.480 e. The molecule has 210 valence electrons. The molecule has 0 aliphatic carbocycles. The van der Waals surface area contributed by atoms with E-state index in [0.717, 1.165) is 0 Å². The van der Waals surface area contributed by atoms with Crippen LogP contribution in [0.25, 0.3) is 10.9 Å². The number of H-pyrrole nitrogens is 1. The number of sulfone groups is 1. The SMILES string of the molecule is CCS(=O)(=O)c1ccc(Cl)cc1Cn1c(=O)[nH]c2c(Cl)c(CN3CCCC3C(=O)O)c(C(F)(F)F)cc2c1=O. The molecule has 2 heterocycles. The molecule has 3 aromatic rings. The summed E-state index contributed by atoms with van der Waals surface area (Å²) in [5.74, 6) is -1.46. The third kappa shape index (κ3) is 5.58. The van der Waals surface area contributed by atoms with E-state index in [1.165, 1.54) is 30.0 Å². The third-order valence-corrected chi connectivity index (χ3v) is 9.18. The van der Waals surface area contributed by atoms with Crippen LogP contribution in [0.1, 0.15) is 36.5 Å². The van der Waals surface area contributed by atoms with E-state index in [1.54, 1.807) is 0 Å². The summed E-state index contributed by atoms with van der Waals surface area (Å²) in [6.45, 7) is 0.575. The van der Waals surface area contributed by atoms with Crippen molar-refractivity contribution in [2.45, 2.75) is 50.0 Å². The van der Waals surface area contributed by atoms with E-state index in [1.807, 2.05) is 0 Å². The number of fused-ring (bicyclic) bond motifs is 1. The summed E-state index contributed by atoms with van der Waals surface area (Å²) in [5.41, 5.74) is -4.22. The smallest absolute Gasteiger partial charge is 0.416 e. The number of hydrogen-bond donors (Lipinski definition) is 2. The molecule has 1 fully saturated rings. The Morgan fingerprint density at radius 2 is 1.87 bits per heavy atom. The van der Waals surface area contributed by atoms with Crippen LogP contribution >= 0.6 is 23.2 Å². The standard InChI is InChI=1S/C24H22Cl2F3N3O6S/c1-2-39(37,38)18-6-5-13(25)8-12(18)10-32-21(33)14-9-16(24(27,28)29)15(19(26)20(14)30-23(32)36)11-31-7-3-4-17(31)22(34)35/h5-6,8-9,17H,2-4,7,10-11H2,1H3,(H,30,36)(H,34,35).